The van der Waals surface area contributed by atoms with Crippen LogP contribution in [0.25, 0.3) is 0 Å². The fraction of sp³-hybridized carbons (Fsp3) is 0.333. The van der Waals surface area contributed by atoms with E-state index in [1.165, 1.54) is 5.56 Å². The van der Waals surface area contributed by atoms with Crippen molar-refractivity contribution in [2.75, 3.05) is 20.2 Å². The van der Waals surface area contributed by atoms with Gasteiger partial charge in [-0.05, 0) is 46.0 Å². The Bertz CT molecular complexity index is 701. The van der Waals surface area contributed by atoms with Crippen molar-refractivity contribution in [1.82, 2.24) is 10.6 Å². The molecule has 7 heteroatoms. The number of ether oxygens (including phenoxy) is 1. The lowest BCUT2D eigenvalue weighted by atomic mass is 10.1. The lowest BCUT2D eigenvalue weighted by molar-refractivity contribution is -0.119. The van der Waals surface area contributed by atoms with Gasteiger partial charge in [0.2, 0.25) is 0 Å². The maximum Gasteiger partial charge on any atom is 0.255 e. The van der Waals surface area contributed by atoms with E-state index in [0.717, 1.165) is 18.1 Å². The molecule has 0 saturated carbocycles. The molecule has 2 rings (SSSR count). The first-order valence-corrected chi connectivity index (χ1v) is 8.99. The van der Waals surface area contributed by atoms with Gasteiger partial charge < -0.3 is 21.1 Å². The number of thiophene rings is 1. The molecule has 1 unspecified atom stereocenters. The highest BCUT2D eigenvalue weighted by Gasteiger charge is 2.07. The van der Waals surface area contributed by atoms with Crippen LogP contribution in [-0.4, -0.2) is 32.1 Å². The number of amides is 1. The fourth-order valence-electron chi connectivity index (χ4n) is 2.23. The predicted molar refractivity (Wildman–Crippen MR) is 102 cm³/mol. The summed E-state index contributed by atoms with van der Waals surface area (Å²) in [6.45, 7) is 3.46. The average molecular weight is 360 g/mol. The van der Waals surface area contributed by atoms with Gasteiger partial charge in [-0.15, -0.1) is 0 Å². The number of hydrogen-bond acceptors (Lipinski definition) is 4. The summed E-state index contributed by atoms with van der Waals surface area (Å²) < 4.78 is 5.31. The van der Waals surface area contributed by atoms with Crippen LogP contribution < -0.4 is 21.1 Å². The molecule has 0 aliphatic heterocycles. The molecule has 1 heterocycles. The van der Waals surface area contributed by atoms with Crippen LogP contribution >= 0.6 is 11.3 Å². The summed E-state index contributed by atoms with van der Waals surface area (Å²) in [5.74, 6) is 1.28. The Hall–Kier alpha value is -2.54. The normalized spacial score (nSPS) is 12.5. The first-order valence-electron chi connectivity index (χ1n) is 8.05. The molecule has 0 spiro atoms. The number of hydrogen-bond donors (Lipinski definition) is 3. The van der Waals surface area contributed by atoms with E-state index in [-0.39, 0.29) is 6.61 Å². The SMILES string of the molecule is CN=C(NCc1cccc(OCC(N)=O)c1)NCC(C)c1ccsc1. The lowest BCUT2D eigenvalue weighted by Crippen LogP contribution is -2.38. The second-order valence-electron chi connectivity index (χ2n) is 5.67. The van der Waals surface area contributed by atoms with Crippen molar-refractivity contribution in [3.05, 3.63) is 52.2 Å². The van der Waals surface area contributed by atoms with Gasteiger partial charge in [0, 0.05) is 20.1 Å². The van der Waals surface area contributed by atoms with Crippen LogP contribution in [0.5, 0.6) is 5.75 Å². The van der Waals surface area contributed by atoms with Gasteiger partial charge in [0.1, 0.15) is 5.75 Å². The van der Waals surface area contributed by atoms with Gasteiger partial charge in [0.05, 0.1) is 0 Å². The topological polar surface area (TPSA) is 88.7 Å². The van der Waals surface area contributed by atoms with Crippen LogP contribution in [0.2, 0.25) is 0 Å². The molecule has 1 aromatic carbocycles. The van der Waals surface area contributed by atoms with Gasteiger partial charge in [0.25, 0.3) is 5.91 Å². The third kappa shape index (κ3) is 6.46. The van der Waals surface area contributed by atoms with E-state index >= 15 is 0 Å². The fourth-order valence-corrected chi connectivity index (χ4v) is 3.01. The highest BCUT2D eigenvalue weighted by atomic mass is 32.1. The van der Waals surface area contributed by atoms with Gasteiger partial charge in [-0.25, -0.2) is 0 Å². The lowest BCUT2D eigenvalue weighted by Gasteiger charge is -2.15. The van der Waals surface area contributed by atoms with E-state index in [1.807, 2.05) is 18.2 Å². The molecule has 0 saturated heterocycles. The molecule has 25 heavy (non-hydrogen) atoms. The number of carbonyl (C=O) groups excluding carboxylic acids is 1. The zero-order valence-corrected chi connectivity index (χ0v) is 15.3. The van der Waals surface area contributed by atoms with Crippen molar-refractivity contribution in [3.8, 4) is 5.75 Å². The number of benzene rings is 1. The number of nitrogens with two attached hydrogens (primary N) is 1. The van der Waals surface area contributed by atoms with E-state index < -0.39 is 5.91 Å². The molecule has 0 aliphatic rings. The molecule has 0 fully saturated rings. The Morgan fingerprint density at radius 2 is 2.20 bits per heavy atom. The summed E-state index contributed by atoms with van der Waals surface area (Å²) in [5.41, 5.74) is 7.44. The zero-order valence-electron chi connectivity index (χ0n) is 14.5. The number of nitrogens with one attached hydrogen (secondary N) is 2. The van der Waals surface area contributed by atoms with Crippen molar-refractivity contribution < 1.29 is 9.53 Å². The van der Waals surface area contributed by atoms with Crippen LogP contribution in [-0.2, 0) is 11.3 Å². The predicted octanol–water partition coefficient (Wildman–Crippen LogP) is 2.08. The summed E-state index contributed by atoms with van der Waals surface area (Å²) >= 11 is 1.71. The Kier molecular flexibility index (Phi) is 7.28. The van der Waals surface area contributed by atoms with Crippen LogP contribution in [0.4, 0.5) is 0 Å². The largest absolute Gasteiger partial charge is 0.484 e. The first-order chi connectivity index (χ1) is 12.1. The number of carbonyl (C=O) groups is 1. The molecular formula is C18H24N4O2S. The summed E-state index contributed by atoms with van der Waals surface area (Å²) in [6.07, 6.45) is 0. The van der Waals surface area contributed by atoms with Crippen molar-refractivity contribution in [2.24, 2.45) is 10.7 Å². The van der Waals surface area contributed by atoms with Crippen molar-refractivity contribution >= 4 is 23.2 Å². The minimum atomic E-state index is -0.493. The molecular weight excluding hydrogens is 336 g/mol. The van der Waals surface area contributed by atoms with Gasteiger partial charge in [0.15, 0.2) is 12.6 Å². The quantitative estimate of drug-likeness (QED) is 0.497. The van der Waals surface area contributed by atoms with Crippen LogP contribution in [0.15, 0.2) is 46.1 Å². The maximum atomic E-state index is 10.8. The van der Waals surface area contributed by atoms with E-state index in [2.05, 4.69) is 39.4 Å². The number of primary amides is 1. The van der Waals surface area contributed by atoms with Crippen LogP contribution in [0, 0.1) is 0 Å². The summed E-state index contributed by atoms with van der Waals surface area (Å²) in [6, 6.07) is 9.66. The minimum absolute atomic E-state index is 0.124. The van der Waals surface area contributed by atoms with Crippen LogP contribution in [0.1, 0.15) is 24.0 Å². The molecule has 1 atom stereocenters. The van der Waals surface area contributed by atoms with Crippen LogP contribution in [0.3, 0.4) is 0 Å². The van der Waals surface area contributed by atoms with E-state index in [1.54, 1.807) is 24.5 Å². The summed E-state index contributed by atoms with van der Waals surface area (Å²) in [5, 5.41) is 10.9. The number of aliphatic imine (C=N–C) groups is 1. The van der Waals surface area contributed by atoms with Gasteiger partial charge in [-0.3, -0.25) is 9.79 Å². The molecule has 134 valence electrons. The summed E-state index contributed by atoms with van der Waals surface area (Å²) in [4.78, 5) is 15.0. The van der Waals surface area contributed by atoms with E-state index in [0.29, 0.717) is 18.2 Å². The van der Waals surface area contributed by atoms with E-state index in [9.17, 15) is 4.79 Å². The zero-order chi connectivity index (χ0) is 18.1. The van der Waals surface area contributed by atoms with Crippen molar-refractivity contribution in [2.45, 2.75) is 19.4 Å². The number of guanidine groups is 1. The van der Waals surface area contributed by atoms with Crippen molar-refractivity contribution in [1.29, 1.82) is 0 Å². The minimum Gasteiger partial charge on any atom is -0.484 e. The summed E-state index contributed by atoms with van der Waals surface area (Å²) in [7, 11) is 1.75. The smallest absolute Gasteiger partial charge is 0.255 e. The molecule has 0 aliphatic carbocycles. The molecule has 0 radical (unpaired) electrons. The Balaban J connectivity index is 1.82. The monoisotopic (exact) mass is 360 g/mol. The van der Waals surface area contributed by atoms with Gasteiger partial charge >= 0.3 is 0 Å². The third-order valence-corrected chi connectivity index (χ3v) is 4.35. The molecule has 2 aromatic rings. The third-order valence-electron chi connectivity index (χ3n) is 3.65. The van der Waals surface area contributed by atoms with Gasteiger partial charge in [-0.2, -0.15) is 11.3 Å². The Labute approximate surface area is 152 Å². The molecule has 4 N–H and O–H groups in total. The molecule has 1 amide bonds. The number of nitrogens with zero attached hydrogens (tertiary/aromatic N) is 1. The highest BCUT2D eigenvalue weighted by molar-refractivity contribution is 7.07. The van der Waals surface area contributed by atoms with Gasteiger partial charge in [-0.1, -0.05) is 19.1 Å². The number of rotatable bonds is 8. The second-order valence-corrected chi connectivity index (χ2v) is 6.45. The highest BCUT2D eigenvalue weighted by Crippen LogP contribution is 2.17. The molecule has 0 bridgehead atoms. The maximum absolute atomic E-state index is 10.8. The first kappa shape index (κ1) is 18.8. The molecule has 6 nitrogen and oxygen atoms in total. The Morgan fingerprint density at radius 1 is 1.36 bits per heavy atom. The standard InChI is InChI=1S/C18H24N4O2S/c1-13(15-6-7-25-12-15)9-21-18(20-2)22-10-14-4-3-5-16(8-14)24-11-17(19)23/h3-8,12-13H,9-11H2,1-2H3,(H2,19,23)(H2,20,21,22). The van der Waals surface area contributed by atoms with Crippen molar-refractivity contribution in [3.63, 3.8) is 0 Å². The average Bonchev–Trinajstić information content (AvgIpc) is 3.15. The molecule has 1 aromatic heterocycles. The second kappa shape index (κ2) is 9.68. The van der Waals surface area contributed by atoms with E-state index in [4.69, 9.17) is 10.5 Å². The Morgan fingerprint density at radius 3 is 2.88 bits per heavy atom.